The van der Waals surface area contributed by atoms with Gasteiger partial charge in [-0.05, 0) is 24.5 Å². The van der Waals surface area contributed by atoms with Crippen LogP contribution in [0.15, 0.2) is 66.7 Å². The molecule has 4 rings (SSSR count). The number of rotatable bonds is 4. The van der Waals surface area contributed by atoms with Gasteiger partial charge in [0.1, 0.15) is 6.54 Å². The number of amides is 3. The van der Waals surface area contributed by atoms with Gasteiger partial charge in [0.05, 0.1) is 11.8 Å². The van der Waals surface area contributed by atoms with Crippen LogP contribution < -0.4 is 5.32 Å². The molecule has 0 bridgehead atoms. The van der Waals surface area contributed by atoms with Crippen molar-refractivity contribution in [1.29, 1.82) is 0 Å². The van der Waals surface area contributed by atoms with Gasteiger partial charge in [0.15, 0.2) is 0 Å². The number of benzene rings is 2. The zero-order valence-corrected chi connectivity index (χ0v) is 14.8. The van der Waals surface area contributed by atoms with E-state index in [-0.39, 0.29) is 36.1 Å². The molecule has 1 N–H and O–H groups in total. The van der Waals surface area contributed by atoms with Crippen LogP contribution in [0.3, 0.4) is 0 Å². The molecule has 2 atom stereocenters. The van der Waals surface area contributed by atoms with Gasteiger partial charge in [0, 0.05) is 11.3 Å². The predicted molar refractivity (Wildman–Crippen MR) is 103 cm³/mol. The highest BCUT2D eigenvalue weighted by Crippen LogP contribution is 2.35. The number of fused-ring (bicyclic) bond motifs is 1. The minimum atomic E-state index is -0.369. The second-order valence-corrected chi connectivity index (χ2v) is 6.88. The number of carbonyl (C=O) groups excluding carboxylic acids is 3. The van der Waals surface area contributed by atoms with Gasteiger partial charge in [0.2, 0.25) is 17.7 Å². The second-order valence-electron chi connectivity index (χ2n) is 6.88. The molecule has 0 saturated carbocycles. The maximum absolute atomic E-state index is 12.6. The van der Waals surface area contributed by atoms with Gasteiger partial charge in [-0.2, -0.15) is 0 Å². The quantitative estimate of drug-likeness (QED) is 0.672. The molecule has 1 heterocycles. The number of nitrogens with one attached hydrogen (secondary N) is 1. The maximum Gasteiger partial charge on any atom is 0.244 e. The molecule has 136 valence electrons. The number of carbonyl (C=O) groups is 3. The fourth-order valence-corrected chi connectivity index (χ4v) is 3.82. The number of likely N-dealkylation sites (tertiary alicyclic amines) is 1. The standard InChI is InChI=1S/C22H20N2O3/c25-20(14-24-21(26)17-11-4-5-12-18(17)22(24)27)23-19-13-7-6-10-16(19)15-8-2-1-3-9-15/h1-10,13,17-18H,11-12,14H2,(H,23,25)/t17-,18-/m0/s1. The zero-order chi connectivity index (χ0) is 18.8. The van der Waals surface area contributed by atoms with Gasteiger partial charge in [-0.3, -0.25) is 19.3 Å². The molecule has 0 aromatic heterocycles. The molecule has 0 spiro atoms. The van der Waals surface area contributed by atoms with E-state index in [1.165, 1.54) is 0 Å². The Kier molecular flexibility index (Phi) is 4.59. The fraction of sp³-hybridized carbons (Fsp3) is 0.227. The predicted octanol–water partition coefficient (Wildman–Crippen LogP) is 3.24. The molecule has 2 aliphatic rings. The highest BCUT2D eigenvalue weighted by atomic mass is 16.2. The van der Waals surface area contributed by atoms with Gasteiger partial charge >= 0.3 is 0 Å². The van der Waals surface area contributed by atoms with Crippen LogP contribution >= 0.6 is 0 Å². The minimum Gasteiger partial charge on any atom is -0.324 e. The molecule has 1 aliphatic heterocycles. The van der Waals surface area contributed by atoms with Crippen LogP contribution in [0.1, 0.15) is 12.8 Å². The summed E-state index contributed by atoms with van der Waals surface area (Å²) in [6, 6.07) is 17.2. The summed E-state index contributed by atoms with van der Waals surface area (Å²) in [5.74, 6) is -1.47. The molecule has 5 nitrogen and oxygen atoms in total. The van der Waals surface area contributed by atoms with E-state index in [9.17, 15) is 14.4 Å². The van der Waals surface area contributed by atoms with E-state index in [1.54, 1.807) is 0 Å². The molecule has 3 amide bonds. The van der Waals surface area contributed by atoms with Crippen LogP contribution in [0, 0.1) is 11.8 Å². The van der Waals surface area contributed by atoms with E-state index in [4.69, 9.17) is 0 Å². The molecule has 0 radical (unpaired) electrons. The Morgan fingerprint density at radius 3 is 2.15 bits per heavy atom. The van der Waals surface area contributed by atoms with Gasteiger partial charge in [-0.15, -0.1) is 0 Å². The highest BCUT2D eigenvalue weighted by Gasteiger charge is 2.47. The third-order valence-electron chi connectivity index (χ3n) is 5.19. The molecular formula is C22H20N2O3. The van der Waals surface area contributed by atoms with E-state index >= 15 is 0 Å². The number of imide groups is 1. The normalized spacial score (nSPS) is 21.3. The number of hydrogen-bond donors (Lipinski definition) is 1. The first-order valence-corrected chi connectivity index (χ1v) is 9.09. The smallest absolute Gasteiger partial charge is 0.244 e. The van der Waals surface area contributed by atoms with Crippen molar-refractivity contribution in [3.05, 3.63) is 66.7 Å². The fourth-order valence-electron chi connectivity index (χ4n) is 3.82. The summed E-state index contributed by atoms with van der Waals surface area (Å²) in [7, 11) is 0. The topological polar surface area (TPSA) is 66.5 Å². The van der Waals surface area contributed by atoms with Crippen molar-refractivity contribution < 1.29 is 14.4 Å². The van der Waals surface area contributed by atoms with Crippen molar-refractivity contribution in [2.45, 2.75) is 12.8 Å². The number of allylic oxidation sites excluding steroid dienone is 2. The number of para-hydroxylation sites is 1. The van der Waals surface area contributed by atoms with E-state index in [2.05, 4.69) is 5.32 Å². The Labute approximate surface area is 157 Å². The molecule has 5 heteroatoms. The summed E-state index contributed by atoms with van der Waals surface area (Å²) in [6.45, 7) is -0.242. The Bertz CT molecular complexity index is 894. The monoisotopic (exact) mass is 360 g/mol. The molecule has 0 unspecified atom stereocenters. The molecule has 2 aromatic rings. The molecule has 27 heavy (non-hydrogen) atoms. The van der Waals surface area contributed by atoms with E-state index in [0.29, 0.717) is 18.5 Å². The summed E-state index contributed by atoms with van der Waals surface area (Å²) < 4.78 is 0. The average Bonchev–Trinajstić information content (AvgIpc) is 2.94. The lowest BCUT2D eigenvalue weighted by Crippen LogP contribution is -2.38. The lowest BCUT2D eigenvalue weighted by molar-refractivity contribution is -0.142. The molecular weight excluding hydrogens is 340 g/mol. The first-order valence-electron chi connectivity index (χ1n) is 9.09. The number of anilines is 1. The summed E-state index contributed by atoms with van der Waals surface area (Å²) >= 11 is 0. The van der Waals surface area contributed by atoms with Crippen LogP contribution in [0.25, 0.3) is 11.1 Å². The third kappa shape index (κ3) is 3.28. The van der Waals surface area contributed by atoms with E-state index in [1.807, 2.05) is 66.7 Å². The van der Waals surface area contributed by atoms with E-state index < -0.39 is 0 Å². The Morgan fingerprint density at radius 2 is 1.48 bits per heavy atom. The number of nitrogens with zero attached hydrogens (tertiary/aromatic N) is 1. The van der Waals surface area contributed by atoms with Gasteiger partial charge in [0.25, 0.3) is 0 Å². The van der Waals surface area contributed by atoms with Crippen LogP contribution in [0.4, 0.5) is 5.69 Å². The zero-order valence-electron chi connectivity index (χ0n) is 14.8. The summed E-state index contributed by atoms with van der Waals surface area (Å²) in [6.07, 6.45) is 5.02. The summed E-state index contributed by atoms with van der Waals surface area (Å²) in [5.41, 5.74) is 2.54. The van der Waals surface area contributed by atoms with Gasteiger partial charge in [-0.25, -0.2) is 0 Å². The van der Waals surface area contributed by atoms with Crippen molar-refractivity contribution in [2.75, 3.05) is 11.9 Å². The van der Waals surface area contributed by atoms with Crippen LogP contribution in [-0.2, 0) is 14.4 Å². The summed E-state index contributed by atoms with van der Waals surface area (Å²) in [5, 5.41) is 2.86. The molecule has 1 aliphatic carbocycles. The molecule has 1 saturated heterocycles. The SMILES string of the molecule is O=C(CN1C(=O)[C@H]2CC=CC[C@@H]2C1=O)Nc1ccccc1-c1ccccc1. The first kappa shape index (κ1) is 17.2. The van der Waals surface area contributed by atoms with E-state index in [0.717, 1.165) is 16.0 Å². The van der Waals surface area contributed by atoms with Crippen LogP contribution in [-0.4, -0.2) is 29.2 Å². The number of hydrogen-bond acceptors (Lipinski definition) is 3. The largest absolute Gasteiger partial charge is 0.324 e. The minimum absolute atomic E-state index is 0.235. The Hall–Kier alpha value is -3.21. The van der Waals surface area contributed by atoms with Crippen molar-refractivity contribution >= 4 is 23.4 Å². The van der Waals surface area contributed by atoms with Crippen LogP contribution in [0.2, 0.25) is 0 Å². The second kappa shape index (κ2) is 7.19. The van der Waals surface area contributed by atoms with Gasteiger partial charge in [-0.1, -0.05) is 60.7 Å². The third-order valence-corrected chi connectivity index (χ3v) is 5.19. The first-order chi connectivity index (χ1) is 13.1. The van der Waals surface area contributed by atoms with Crippen molar-refractivity contribution in [3.8, 4) is 11.1 Å². The lowest BCUT2D eigenvalue weighted by Gasteiger charge is -2.16. The average molecular weight is 360 g/mol. The Balaban J connectivity index is 1.50. The Morgan fingerprint density at radius 1 is 0.889 bits per heavy atom. The molecule has 1 fully saturated rings. The van der Waals surface area contributed by atoms with Crippen molar-refractivity contribution in [1.82, 2.24) is 4.90 Å². The lowest BCUT2D eigenvalue weighted by atomic mass is 9.85. The van der Waals surface area contributed by atoms with Crippen LogP contribution in [0.5, 0.6) is 0 Å². The van der Waals surface area contributed by atoms with Crippen molar-refractivity contribution in [3.63, 3.8) is 0 Å². The maximum atomic E-state index is 12.6. The van der Waals surface area contributed by atoms with Gasteiger partial charge < -0.3 is 5.32 Å². The summed E-state index contributed by atoms with van der Waals surface area (Å²) in [4.78, 5) is 38.7. The highest BCUT2D eigenvalue weighted by molar-refractivity contribution is 6.09. The molecule has 2 aromatic carbocycles. The van der Waals surface area contributed by atoms with Crippen molar-refractivity contribution in [2.24, 2.45) is 11.8 Å².